The van der Waals surface area contributed by atoms with Gasteiger partial charge in [0.1, 0.15) is 5.75 Å². The van der Waals surface area contributed by atoms with E-state index in [0.717, 1.165) is 37.1 Å². The van der Waals surface area contributed by atoms with Crippen molar-refractivity contribution in [1.29, 1.82) is 0 Å². The first-order chi connectivity index (χ1) is 13.2. The predicted molar refractivity (Wildman–Crippen MR) is 108 cm³/mol. The zero-order valence-electron chi connectivity index (χ0n) is 16.5. The van der Waals surface area contributed by atoms with Crippen LogP contribution in [0.4, 0.5) is 11.4 Å². The Balaban J connectivity index is 1.59. The average Bonchev–Trinajstić information content (AvgIpc) is 2.69. The van der Waals surface area contributed by atoms with Crippen LogP contribution >= 0.6 is 0 Å². The molecule has 27 heavy (non-hydrogen) atoms. The second-order valence-electron chi connectivity index (χ2n) is 7.81. The van der Waals surface area contributed by atoms with Crippen LogP contribution in [-0.2, 0) is 9.59 Å². The number of nitrogens with one attached hydrogen (secondary N) is 1. The van der Waals surface area contributed by atoms with Gasteiger partial charge in [-0.3, -0.25) is 9.59 Å². The molecule has 1 aromatic carbocycles. The fraction of sp³-hybridized carbons (Fsp3) is 0.636. The van der Waals surface area contributed by atoms with Gasteiger partial charge in [0.2, 0.25) is 5.91 Å². The highest BCUT2D eigenvalue weighted by molar-refractivity contribution is 5.99. The first-order valence-electron chi connectivity index (χ1n) is 10.5. The molecule has 0 radical (unpaired) electrons. The molecule has 0 atom stereocenters. The Morgan fingerprint density at radius 3 is 2.81 bits per heavy atom. The van der Waals surface area contributed by atoms with Crippen molar-refractivity contribution in [3.63, 3.8) is 0 Å². The first-order valence-corrected chi connectivity index (χ1v) is 10.5. The van der Waals surface area contributed by atoms with E-state index in [-0.39, 0.29) is 18.4 Å². The Morgan fingerprint density at radius 1 is 1.22 bits per heavy atom. The number of carbonyl (C=O) groups is 2. The summed E-state index contributed by atoms with van der Waals surface area (Å²) < 4.78 is 5.56. The molecule has 148 valence electrons. The fourth-order valence-corrected chi connectivity index (χ4v) is 4.08. The minimum Gasteiger partial charge on any atom is -0.482 e. The second kappa shape index (κ2) is 9.77. The van der Waals surface area contributed by atoms with E-state index < -0.39 is 0 Å². The number of carbonyl (C=O) groups excluding carboxylic acids is 2. The van der Waals surface area contributed by atoms with Crippen molar-refractivity contribution < 1.29 is 14.3 Å². The molecule has 0 spiro atoms. The number of rotatable bonds is 8. The lowest BCUT2D eigenvalue weighted by Gasteiger charge is -2.30. The van der Waals surface area contributed by atoms with Gasteiger partial charge < -0.3 is 15.0 Å². The van der Waals surface area contributed by atoms with E-state index in [1.807, 2.05) is 18.2 Å². The average molecular weight is 373 g/mol. The highest BCUT2D eigenvalue weighted by atomic mass is 16.5. The summed E-state index contributed by atoms with van der Waals surface area (Å²) in [5, 5.41) is 3.00. The summed E-state index contributed by atoms with van der Waals surface area (Å²) in [5.74, 6) is 1.46. The molecule has 0 unspecified atom stereocenters. The molecule has 5 nitrogen and oxygen atoms in total. The molecule has 1 aromatic rings. The summed E-state index contributed by atoms with van der Waals surface area (Å²) in [5.41, 5.74) is 1.51. The van der Waals surface area contributed by atoms with E-state index in [0.29, 0.717) is 24.6 Å². The predicted octanol–water partition coefficient (Wildman–Crippen LogP) is 4.90. The van der Waals surface area contributed by atoms with Crippen LogP contribution in [0.25, 0.3) is 0 Å². The van der Waals surface area contributed by atoms with Crippen molar-refractivity contribution in [2.24, 2.45) is 5.92 Å². The topological polar surface area (TPSA) is 58.6 Å². The molecule has 5 heteroatoms. The number of hydrogen-bond donors (Lipinski definition) is 1. The van der Waals surface area contributed by atoms with E-state index in [9.17, 15) is 9.59 Å². The number of benzene rings is 1. The molecule has 1 fully saturated rings. The number of fused-ring (bicyclic) bond motifs is 1. The highest BCUT2D eigenvalue weighted by Crippen LogP contribution is 2.35. The Morgan fingerprint density at radius 2 is 2.04 bits per heavy atom. The van der Waals surface area contributed by atoms with Gasteiger partial charge in [-0.1, -0.05) is 51.9 Å². The van der Waals surface area contributed by atoms with Gasteiger partial charge in [0.15, 0.2) is 6.61 Å². The van der Waals surface area contributed by atoms with E-state index in [1.54, 1.807) is 4.90 Å². The lowest BCUT2D eigenvalue weighted by Crippen LogP contribution is -2.39. The van der Waals surface area contributed by atoms with Gasteiger partial charge in [-0.25, -0.2) is 0 Å². The van der Waals surface area contributed by atoms with E-state index in [4.69, 9.17) is 4.74 Å². The normalized spacial score (nSPS) is 17.4. The number of ether oxygens (including phenoxy) is 1. The molecule has 0 bridgehead atoms. The maximum Gasteiger partial charge on any atom is 0.265 e. The fourth-order valence-electron chi connectivity index (χ4n) is 4.08. The third-order valence-electron chi connectivity index (χ3n) is 5.68. The zero-order valence-corrected chi connectivity index (χ0v) is 16.5. The van der Waals surface area contributed by atoms with Gasteiger partial charge in [-0.05, 0) is 37.0 Å². The lowest BCUT2D eigenvalue weighted by atomic mass is 9.86. The van der Waals surface area contributed by atoms with Gasteiger partial charge in [0.05, 0.1) is 5.69 Å². The van der Waals surface area contributed by atoms with Gasteiger partial charge in [-0.15, -0.1) is 0 Å². The minimum atomic E-state index is -0.0145. The molecule has 2 amide bonds. The Labute approximate surface area is 162 Å². The molecule has 1 saturated carbocycles. The quantitative estimate of drug-likeness (QED) is 0.660. The summed E-state index contributed by atoms with van der Waals surface area (Å²) in [6.07, 6.45) is 11.2. The molecular weight excluding hydrogens is 340 g/mol. The summed E-state index contributed by atoms with van der Waals surface area (Å²) in [6, 6.07) is 5.58. The number of unbranched alkanes of at least 4 members (excludes halogenated alkanes) is 2. The van der Waals surface area contributed by atoms with Gasteiger partial charge in [0.25, 0.3) is 5.91 Å². The number of nitrogens with zero attached hydrogens (tertiary/aromatic N) is 1. The molecule has 1 heterocycles. The smallest absolute Gasteiger partial charge is 0.265 e. The van der Waals surface area contributed by atoms with Crippen LogP contribution in [0.2, 0.25) is 0 Å². The summed E-state index contributed by atoms with van der Waals surface area (Å²) in [7, 11) is 0. The van der Waals surface area contributed by atoms with Crippen molar-refractivity contribution in [1.82, 2.24) is 0 Å². The van der Waals surface area contributed by atoms with Crippen LogP contribution in [0.15, 0.2) is 18.2 Å². The molecule has 1 N–H and O–H groups in total. The molecule has 0 saturated heterocycles. The second-order valence-corrected chi connectivity index (χ2v) is 7.81. The van der Waals surface area contributed by atoms with Crippen molar-refractivity contribution >= 4 is 23.2 Å². The summed E-state index contributed by atoms with van der Waals surface area (Å²) in [6.45, 7) is 2.93. The molecular formula is C22H32N2O3. The van der Waals surface area contributed by atoms with Crippen LogP contribution in [0, 0.1) is 5.92 Å². The van der Waals surface area contributed by atoms with E-state index >= 15 is 0 Å². The third kappa shape index (κ3) is 5.47. The van der Waals surface area contributed by atoms with Crippen LogP contribution in [0.3, 0.4) is 0 Å². The number of hydrogen-bond acceptors (Lipinski definition) is 3. The number of amides is 2. The largest absolute Gasteiger partial charge is 0.482 e. The standard InChI is InChI=1S/C22H32N2O3/c1-2-3-7-14-24-19-15-18(11-12-20(19)27-16-22(24)26)23-21(25)13-10-17-8-5-4-6-9-17/h11-12,15,17H,2-10,13-14,16H2,1H3,(H,23,25). The summed E-state index contributed by atoms with van der Waals surface area (Å²) >= 11 is 0. The maximum absolute atomic E-state index is 12.4. The summed E-state index contributed by atoms with van der Waals surface area (Å²) in [4.78, 5) is 26.4. The maximum atomic E-state index is 12.4. The van der Waals surface area contributed by atoms with Gasteiger partial charge >= 0.3 is 0 Å². The lowest BCUT2D eigenvalue weighted by molar-refractivity contribution is -0.121. The van der Waals surface area contributed by atoms with E-state index in [1.165, 1.54) is 32.1 Å². The molecule has 1 aliphatic heterocycles. The Bertz CT molecular complexity index is 653. The minimum absolute atomic E-state index is 0.0145. The Kier molecular flexibility index (Phi) is 7.13. The van der Waals surface area contributed by atoms with Crippen molar-refractivity contribution in [3.05, 3.63) is 18.2 Å². The highest BCUT2D eigenvalue weighted by Gasteiger charge is 2.25. The zero-order chi connectivity index (χ0) is 19.1. The monoisotopic (exact) mass is 372 g/mol. The molecule has 1 aliphatic carbocycles. The van der Waals surface area contributed by atoms with Crippen LogP contribution in [0.1, 0.15) is 71.1 Å². The van der Waals surface area contributed by atoms with Crippen molar-refractivity contribution in [2.75, 3.05) is 23.4 Å². The molecule has 2 aliphatic rings. The van der Waals surface area contributed by atoms with Crippen molar-refractivity contribution in [3.8, 4) is 5.75 Å². The first kappa shape index (κ1) is 19.7. The van der Waals surface area contributed by atoms with Crippen LogP contribution in [-0.4, -0.2) is 25.0 Å². The van der Waals surface area contributed by atoms with Crippen molar-refractivity contribution in [2.45, 2.75) is 71.1 Å². The molecule has 0 aromatic heterocycles. The van der Waals surface area contributed by atoms with Gasteiger partial charge in [0, 0.05) is 18.7 Å². The number of anilines is 2. The third-order valence-corrected chi connectivity index (χ3v) is 5.68. The van der Waals surface area contributed by atoms with Crippen LogP contribution in [0.5, 0.6) is 5.75 Å². The molecule has 3 rings (SSSR count). The van der Waals surface area contributed by atoms with Gasteiger partial charge in [-0.2, -0.15) is 0 Å². The van der Waals surface area contributed by atoms with E-state index in [2.05, 4.69) is 12.2 Å². The SMILES string of the molecule is CCCCCN1C(=O)COc2ccc(NC(=O)CCC3CCCCC3)cc21. The Hall–Kier alpha value is -2.04. The van der Waals surface area contributed by atoms with Crippen LogP contribution < -0.4 is 15.0 Å².